The normalized spacial score (nSPS) is 13.5. The van der Waals surface area contributed by atoms with Gasteiger partial charge < -0.3 is 20.6 Å². The van der Waals surface area contributed by atoms with E-state index in [2.05, 4.69) is 19.2 Å². The first kappa shape index (κ1) is 48.3. The lowest BCUT2D eigenvalue weighted by molar-refractivity contribution is -0.125. The molecular formula is C44H89NO4. The van der Waals surface area contributed by atoms with Crippen molar-refractivity contribution in [2.24, 2.45) is 0 Å². The van der Waals surface area contributed by atoms with Crippen molar-refractivity contribution < 1.29 is 20.1 Å². The topological polar surface area (TPSA) is 89.8 Å². The molecule has 294 valence electrons. The maximum Gasteiger partial charge on any atom is 0.222 e. The van der Waals surface area contributed by atoms with Gasteiger partial charge in [-0.15, -0.1) is 0 Å². The molecule has 5 nitrogen and oxygen atoms in total. The van der Waals surface area contributed by atoms with E-state index < -0.39 is 18.2 Å². The molecule has 49 heavy (non-hydrogen) atoms. The fourth-order valence-corrected chi connectivity index (χ4v) is 7.23. The Balaban J connectivity index is 3.56. The number of carbonyl (C=O) groups excluding carboxylic acids is 1. The van der Waals surface area contributed by atoms with Gasteiger partial charge in [0.25, 0.3) is 0 Å². The number of aliphatic hydroxyl groups excluding tert-OH is 3. The first-order valence-corrected chi connectivity index (χ1v) is 22.3. The fraction of sp³-hybridized carbons (Fsp3) is 0.977. The predicted molar refractivity (Wildman–Crippen MR) is 213 cm³/mol. The summed E-state index contributed by atoms with van der Waals surface area (Å²) in [5.74, 6) is -0.279. The smallest absolute Gasteiger partial charge is 0.222 e. The molecule has 4 N–H and O–H groups in total. The summed E-state index contributed by atoms with van der Waals surface area (Å²) in [4.78, 5) is 12.4. The van der Waals surface area contributed by atoms with E-state index in [-0.39, 0.29) is 18.9 Å². The molecule has 0 aromatic carbocycles. The number of aliphatic hydroxyl groups is 3. The summed E-state index contributed by atoms with van der Waals surface area (Å²) in [5.41, 5.74) is 0. The summed E-state index contributed by atoms with van der Waals surface area (Å²) in [6, 6.07) is -0.652. The van der Waals surface area contributed by atoms with Crippen molar-refractivity contribution in [1.82, 2.24) is 5.32 Å². The minimum Gasteiger partial charge on any atom is -0.394 e. The van der Waals surface area contributed by atoms with E-state index in [1.165, 1.54) is 193 Å². The fourth-order valence-electron chi connectivity index (χ4n) is 7.23. The van der Waals surface area contributed by atoms with Gasteiger partial charge in [0.15, 0.2) is 0 Å². The first-order chi connectivity index (χ1) is 24.0. The molecule has 0 aliphatic rings. The summed E-state index contributed by atoms with van der Waals surface area (Å²) in [6.07, 6.45) is 45.0. The van der Waals surface area contributed by atoms with E-state index in [1.54, 1.807) is 0 Å². The molecule has 0 aromatic heterocycles. The minimum absolute atomic E-state index is 0.0425. The molecule has 0 fully saturated rings. The maximum atomic E-state index is 12.4. The highest BCUT2D eigenvalue weighted by Crippen LogP contribution is 2.17. The highest BCUT2D eigenvalue weighted by Gasteiger charge is 2.21. The molecule has 5 heteroatoms. The molecule has 0 spiro atoms. The van der Waals surface area contributed by atoms with Gasteiger partial charge in [0, 0.05) is 0 Å². The van der Waals surface area contributed by atoms with Gasteiger partial charge >= 0.3 is 0 Å². The molecule has 3 unspecified atom stereocenters. The van der Waals surface area contributed by atoms with Crippen LogP contribution in [0.4, 0.5) is 0 Å². The van der Waals surface area contributed by atoms with Crippen LogP contribution in [0, 0.1) is 0 Å². The second kappa shape index (κ2) is 40.1. The zero-order chi connectivity index (χ0) is 35.9. The van der Waals surface area contributed by atoms with Crippen molar-refractivity contribution in [1.29, 1.82) is 0 Å². The number of carbonyl (C=O) groups is 1. The number of rotatable bonds is 41. The summed E-state index contributed by atoms with van der Waals surface area (Å²) >= 11 is 0. The van der Waals surface area contributed by atoms with Crippen molar-refractivity contribution in [2.45, 2.75) is 270 Å². The second-order valence-corrected chi connectivity index (χ2v) is 15.7. The number of unbranched alkanes of at least 4 members (excludes halogenated alkanes) is 32. The average Bonchev–Trinajstić information content (AvgIpc) is 3.09. The Kier molecular flexibility index (Phi) is 39.6. The Labute approximate surface area is 307 Å². The molecule has 0 aliphatic carbocycles. The Morgan fingerprint density at radius 2 is 0.694 bits per heavy atom. The first-order valence-electron chi connectivity index (χ1n) is 22.3. The molecule has 0 saturated carbocycles. The van der Waals surface area contributed by atoms with E-state index in [9.17, 15) is 20.1 Å². The van der Waals surface area contributed by atoms with Gasteiger partial charge in [-0.05, 0) is 12.8 Å². The van der Waals surface area contributed by atoms with Gasteiger partial charge in [-0.25, -0.2) is 0 Å². The van der Waals surface area contributed by atoms with Crippen molar-refractivity contribution in [2.75, 3.05) is 6.61 Å². The molecule has 0 aliphatic heterocycles. The molecule has 3 atom stereocenters. The zero-order valence-electron chi connectivity index (χ0n) is 33.4. The van der Waals surface area contributed by atoms with E-state index in [4.69, 9.17) is 0 Å². The van der Waals surface area contributed by atoms with Crippen molar-refractivity contribution >= 4 is 5.91 Å². The zero-order valence-corrected chi connectivity index (χ0v) is 33.4. The van der Waals surface area contributed by atoms with Gasteiger partial charge in [0.1, 0.15) is 0 Å². The largest absolute Gasteiger partial charge is 0.394 e. The summed E-state index contributed by atoms with van der Waals surface area (Å²) in [7, 11) is 0. The quantitative estimate of drug-likeness (QED) is 0.0479. The average molecular weight is 696 g/mol. The lowest BCUT2D eigenvalue weighted by Crippen LogP contribution is -2.46. The number of nitrogens with one attached hydrogen (secondary N) is 1. The highest BCUT2D eigenvalue weighted by molar-refractivity contribution is 5.76. The highest BCUT2D eigenvalue weighted by atomic mass is 16.3. The van der Waals surface area contributed by atoms with Crippen molar-refractivity contribution in [3.05, 3.63) is 0 Å². The lowest BCUT2D eigenvalue weighted by Gasteiger charge is -2.23. The van der Waals surface area contributed by atoms with Crippen LogP contribution >= 0.6 is 0 Å². The molecule has 0 heterocycles. The van der Waals surface area contributed by atoms with E-state index in [1.807, 2.05) is 0 Å². The Bertz CT molecular complexity index is 644. The van der Waals surface area contributed by atoms with Crippen LogP contribution in [0.5, 0.6) is 0 Å². The molecule has 0 bridgehead atoms. The van der Waals surface area contributed by atoms with Crippen molar-refractivity contribution in [3.63, 3.8) is 0 Å². The van der Waals surface area contributed by atoms with Gasteiger partial charge in [-0.1, -0.05) is 232 Å². The number of hydrogen-bond acceptors (Lipinski definition) is 4. The number of hydrogen-bond donors (Lipinski definition) is 4. The van der Waals surface area contributed by atoms with Crippen LogP contribution in [0.3, 0.4) is 0 Å². The molecule has 0 radical (unpaired) electrons. The third-order valence-corrected chi connectivity index (χ3v) is 10.7. The second-order valence-electron chi connectivity index (χ2n) is 15.7. The lowest BCUT2D eigenvalue weighted by atomic mass is 10.0. The summed E-state index contributed by atoms with van der Waals surface area (Å²) in [5, 5.41) is 33.4. The van der Waals surface area contributed by atoms with Gasteiger partial charge in [-0.2, -0.15) is 0 Å². The van der Waals surface area contributed by atoms with Crippen LogP contribution in [0.2, 0.25) is 0 Å². The standard InChI is InChI=1S/C44H89NO4/c1-3-5-7-9-11-13-15-17-18-19-20-21-22-23-24-26-28-30-32-34-36-38-43(48)42(40-46)45-44(49)39-41(47)37-35-33-31-29-27-25-16-14-12-10-8-6-4-2/h41-43,46-48H,3-40H2,1-2H3,(H,45,49). The van der Waals surface area contributed by atoms with Crippen molar-refractivity contribution in [3.8, 4) is 0 Å². The Morgan fingerprint density at radius 3 is 0.980 bits per heavy atom. The van der Waals surface area contributed by atoms with Crippen LogP contribution in [-0.4, -0.2) is 46.1 Å². The summed E-state index contributed by atoms with van der Waals surface area (Å²) in [6.45, 7) is 4.28. The maximum absolute atomic E-state index is 12.4. The molecule has 1 amide bonds. The van der Waals surface area contributed by atoms with Gasteiger partial charge in [0.2, 0.25) is 5.91 Å². The molecule has 0 aromatic rings. The molecular weight excluding hydrogens is 606 g/mol. The van der Waals surface area contributed by atoms with E-state index >= 15 is 0 Å². The van der Waals surface area contributed by atoms with Crippen LogP contribution in [0.15, 0.2) is 0 Å². The number of amides is 1. The third-order valence-electron chi connectivity index (χ3n) is 10.7. The van der Waals surface area contributed by atoms with Crippen LogP contribution in [-0.2, 0) is 4.79 Å². The van der Waals surface area contributed by atoms with Crippen LogP contribution < -0.4 is 5.32 Å². The molecule has 0 rings (SSSR count). The van der Waals surface area contributed by atoms with Gasteiger partial charge in [0.05, 0.1) is 31.3 Å². The Hall–Kier alpha value is -0.650. The minimum atomic E-state index is -0.743. The van der Waals surface area contributed by atoms with Crippen LogP contribution in [0.1, 0.15) is 251 Å². The van der Waals surface area contributed by atoms with Gasteiger partial charge in [-0.3, -0.25) is 4.79 Å². The SMILES string of the molecule is CCCCCCCCCCCCCCCCCCCCCCCC(O)C(CO)NC(=O)CC(O)CCCCCCCCCCCCCCC. The van der Waals surface area contributed by atoms with E-state index in [0.29, 0.717) is 12.8 Å². The third kappa shape index (κ3) is 36.9. The van der Waals surface area contributed by atoms with Crippen LogP contribution in [0.25, 0.3) is 0 Å². The monoisotopic (exact) mass is 696 g/mol. The predicted octanol–water partition coefficient (Wildman–Crippen LogP) is 12.7. The molecule has 0 saturated heterocycles. The Morgan fingerprint density at radius 1 is 0.429 bits per heavy atom. The summed E-state index contributed by atoms with van der Waals surface area (Å²) < 4.78 is 0. The van der Waals surface area contributed by atoms with E-state index in [0.717, 1.165) is 25.7 Å².